The van der Waals surface area contributed by atoms with Crippen LogP contribution in [-0.4, -0.2) is 60.2 Å². The van der Waals surface area contributed by atoms with Gasteiger partial charge in [-0.15, -0.1) is 0 Å². The van der Waals surface area contributed by atoms with Crippen molar-refractivity contribution in [2.24, 2.45) is 11.8 Å². The molecule has 2 heterocycles. The Labute approximate surface area is 194 Å². The Morgan fingerprint density at radius 1 is 1.16 bits per heavy atom. The molecular formula is C22H33N5O3S2. The number of fused-ring (bicyclic) bond motifs is 1. The zero-order chi connectivity index (χ0) is 22.6. The molecule has 176 valence electrons. The van der Waals surface area contributed by atoms with Crippen molar-refractivity contribution in [1.82, 2.24) is 23.7 Å². The van der Waals surface area contributed by atoms with E-state index in [-0.39, 0.29) is 22.6 Å². The number of carbonyl (C=O) groups is 1. The van der Waals surface area contributed by atoms with Gasteiger partial charge in [0.1, 0.15) is 15.9 Å². The number of rotatable bonds is 8. The van der Waals surface area contributed by atoms with Gasteiger partial charge in [-0.05, 0) is 70.0 Å². The third-order valence-electron chi connectivity index (χ3n) is 6.96. The van der Waals surface area contributed by atoms with Gasteiger partial charge in [-0.2, -0.15) is 8.75 Å². The van der Waals surface area contributed by atoms with Crippen LogP contribution in [0.15, 0.2) is 23.1 Å². The van der Waals surface area contributed by atoms with Gasteiger partial charge in [-0.1, -0.05) is 12.5 Å². The predicted octanol–water partition coefficient (Wildman–Crippen LogP) is 2.77. The molecule has 32 heavy (non-hydrogen) atoms. The zero-order valence-electron chi connectivity index (χ0n) is 18.6. The van der Waals surface area contributed by atoms with Crippen LogP contribution < -0.4 is 10.0 Å². The highest BCUT2D eigenvalue weighted by atomic mass is 32.2. The van der Waals surface area contributed by atoms with Gasteiger partial charge < -0.3 is 5.32 Å². The average Bonchev–Trinajstić information content (AvgIpc) is 3.28. The Bertz CT molecular complexity index is 1020. The SMILES string of the molecule is C[C@@H]1CCCCN1CCNC(=O)C1CCC(CNS(=O)(=O)c2cccc3nsnc23)CC1. The minimum Gasteiger partial charge on any atom is -0.355 e. The van der Waals surface area contributed by atoms with Crippen LogP contribution in [0.1, 0.15) is 51.9 Å². The van der Waals surface area contributed by atoms with Gasteiger partial charge in [-0.3, -0.25) is 9.69 Å². The lowest BCUT2D eigenvalue weighted by molar-refractivity contribution is -0.126. The molecule has 1 saturated carbocycles. The third kappa shape index (κ3) is 5.65. The summed E-state index contributed by atoms with van der Waals surface area (Å²) in [6.45, 7) is 5.42. The van der Waals surface area contributed by atoms with Gasteiger partial charge in [0.25, 0.3) is 0 Å². The summed E-state index contributed by atoms with van der Waals surface area (Å²) >= 11 is 1.01. The summed E-state index contributed by atoms with van der Waals surface area (Å²) < 4.78 is 36.6. The molecule has 1 aliphatic heterocycles. The summed E-state index contributed by atoms with van der Waals surface area (Å²) in [7, 11) is -3.64. The van der Waals surface area contributed by atoms with E-state index < -0.39 is 10.0 Å². The topological polar surface area (TPSA) is 104 Å². The van der Waals surface area contributed by atoms with E-state index in [1.807, 2.05) is 0 Å². The molecule has 1 aliphatic carbocycles. The van der Waals surface area contributed by atoms with E-state index in [1.54, 1.807) is 18.2 Å². The Kier molecular flexibility index (Phi) is 7.75. The molecule has 2 fully saturated rings. The van der Waals surface area contributed by atoms with E-state index >= 15 is 0 Å². The summed E-state index contributed by atoms with van der Waals surface area (Å²) in [4.78, 5) is 15.2. The highest BCUT2D eigenvalue weighted by molar-refractivity contribution is 7.89. The van der Waals surface area contributed by atoms with Crippen LogP contribution >= 0.6 is 11.7 Å². The van der Waals surface area contributed by atoms with Gasteiger partial charge in [0.05, 0.1) is 11.7 Å². The lowest BCUT2D eigenvalue weighted by atomic mass is 9.81. The normalized spacial score (nSPS) is 25.1. The number of sulfonamides is 1. The summed E-state index contributed by atoms with van der Waals surface area (Å²) in [6, 6.07) is 5.63. The van der Waals surface area contributed by atoms with E-state index in [9.17, 15) is 13.2 Å². The van der Waals surface area contributed by atoms with Gasteiger partial charge in [0.15, 0.2) is 0 Å². The van der Waals surface area contributed by atoms with E-state index in [0.29, 0.717) is 30.2 Å². The van der Waals surface area contributed by atoms with E-state index in [2.05, 4.69) is 30.6 Å². The molecule has 0 unspecified atom stereocenters. The van der Waals surface area contributed by atoms with Crippen molar-refractivity contribution in [2.75, 3.05) is 26.2 Å². The second kappa shape index (κ2) is 10.5. The summed E-state index contributed by atoms with van der Waals surface area (Å²) in [5.74, 6) is 0.434. The average molecular weight is 480 g/mol. The van der Waals surface area contributed by atoms with Crippen molar-refractivity contribution in [1.29, 1.82) is 0 Å². The lowest BCUT2D eigenvalue weighted by Crippen LogP contribution is -2.44. The smallest absolute Gasteiger partial charge is 0.242 e. The number of aromatic nitrogens is 2. The number of nitrogens with one attached hydrogen (secondary N) is 2. The summed E-state index contributed by atoms with van der Waals surface area (Å²) in [6.07, 6.45) is 7.13. The van der Waals surface area contributed by atoms with Gasteiger partial charge in [0.2, 0.25) is 15.9 Å². The number of nitrogens with zero attached hydrogens (tertiary/aromatic N) is 3. The molecule has 2 aromatic rings. The molecule has 8 nitrogen and oxygen atoms in total. The van der Waals surface area contributed by atoms with Crippen LogP contribution in [0.25, 0.3) is 11.0 Å². The molecule has 1 saturated heterocycles. The molecule has 10 heteroatoms. The van der Waals surface area contributed by atoms with Gasteiger partial charge >= 0.3 is 0 Å². The number of piperidine rings is 1. The molecule has 4 rings (SSSR count). The summed E-state index contributed by atoms with van der Waals surface area (Å²) in [5, 5.41) is 3.12. The maximum Gasteiger partial charge on any atom is 0.242 e. The Balaban J connectivity index is 1.20. The van der Waals surface area contributed by atoms with Crippen LogP contribution in [0.2, 0.25) is 0 Å². The quantitative estimate of drug-likeness (QED) is 0.603. The Morgan fingerprint density at radius 3 is 2.75 bits per heavy atom. The number of hydrogen-bond donors (Lipinski definition) is 2. The maximum absolute atomic E-state index is 12.8. The number of carbonyl (C=O) groups excluding carboxylic acids is 1. The molecule has 2 N–H and O–H groups in total. The number of hydrogen-bond acceptors (Lipinski definition) is 7. The molecule has 1 amide bonds. The zero-order valence-corrected chi connectivity index (χ0v) is 20.3. The van der Waals surface area contributed by atoms with Crippen molar-refractivity contribution in [3.63, 3.8) is 0 Å². The molecule has 2 aliphatic rings. The molecule has 0 radical (unpaired) electrons. The minimum absolute atomic E-state index is 0.0384. The molecule has 1 atom stereocenters. The lowest BCUT2D eigenvalue weighted by Gasteiger charge is -2.33. The van der Waals surface area contributed by atoms with Gasteiger partial charge in [0, 0.05) is 31.6 Å². The van der Waals surface area contributed by atoms with Crippen molar-refractivity contribution >= 4 is 38.7 Å². The number of benzene rings is 1. The Hall–Kier alpha value is -1.62. The first kappa shape index (κ1) is 23.5. The predicted molar refractivity (Wildman–Crippen MR) is 126 cm³/mol. The molecule has 1 aromatic carbocycles. The molecule has 1 aromatic heterocycles. The van der Waals surface area contributed by atoms with Crippen LogP contribution in [0.4, 0.5) is 0 Å². The maximum atomic E-state index is 12.8. The van der Waals surface area contributed by atoms with E-state index in [1.165, 1.54) is 19.3 Å². The summed E-state index contributed by atoms with van der Waals surface area (Å²) in [5.41, 5.74) is 1.02. The largest absolute Gasteiger partial charge is 0.355 e. The first-order valence-corrected chi connectivity index (χ1v) is 13.9. The third-order valence-corrected chi connectivity index (χ3v) is 8.95. The molecule has 0 spiro atoms. The van der Waals surface area contributed by atoms with Crippen LogP contribution in [0, 0.1) is 11.8 Å². The van der Waals surface area contributed by atoms with Gasteiger partial charge in [-0.25, -0.2) is 13.1 Å². The van der Waals surface area contributed by atoms with Crippen molar-refractivity contribution in [3.8, 4) is 0 Å². The van der Waals surface area contributed by atoms with Crippen LogP contribution in [-0.2, 0) is 14.8 Å². The fourth-order valence-corrected chi connectivity index (χ4v) is 6.77. The number of amides is 1. The highest BCUT2D eigenvalue weighted by Crippen LogP contribution is 2.29. The van der Waals surface area contributed by atoms with Crippen molar-refractivity contribution in [3.05, 3.63) is 18.2 Å². The standard InChI is InChI=1S/C22H33N5O3S2/c1-16-5-2-3-13-27(16)14-12-23-22(28)18-10-8-17(9-11-18)15-24-32(29,30)20-7-4-6-19-21(20)26-31-25-19/h4,6-7,16-18,24H,2-3,5,8-15H2,1H3,(H,23,28)/t16-,17?,18?/m1/s1. The first-order valence-electron chi connectivity index (χ1n) is 11.7. The second-order valence-electron chi connectivity index (χ2n) is 9.13. The monoisotopic (exact) mass is 479 g/mol. The van der Waals surface area contributed by atoms with E-state index in [4.69, 9.17) is 0 Å². The van der Waals surface area contributed by atoms with Crippen molar-refractivity contribution < 1.29 is 13.2 Å². The Morgan fingerprint density at radius 2 is 1.97 bits per heavy atom. The molecule has 0 bridgehead atoms. The van der Waals surface area contributed by atoms with Crippen molar-refractivity contribution in [2.45, 2.75) is 62.8 Å². The molecular weight excluding hydrogens is 446 g/mol. The minimum atomic E-state index is -3.64. The first-order chi connectivity index (χ1) is 15.4. The van der Waals surface area contributed by atoms with Crippen LogP contribution in [0.5, 0.6) is 0 Å². The fraction of sp³-hybridized carbons (Fsp3) is 0.682. The van der Waals surface area contributed by atoms with Crippen LogP contribution in [0.3, 0.4) is 0 Å². The number of likely N-dealkylation sites (tertiary alicyclic amines) is 1. The second-order valence-corrected chi connectivity index (χ2v) is 11.4. The van der Waals surface area contributed by atoms with E-state index in [0.717, 1.165) is 50.5 Å². The highest BCUT2D eigenvalue weighted by Gasteiger charge is 2.28. The fourth-order valence-electron chi connectivity index (χ4n) is 4.89.